The summed E-state index contributed by atoms with van der Waals surface area (Å²) in [5.41, 5.74) is 0. The Hall–Kier alpha value is -1.24. The van der Waals surface area contributed by atoms with E-state index >= 15 is 0 Å². The van der Waals surface area contributed by atoms with E-state index in [0.29, 0.717) is 0 Å². The van der Waals surface area contributed by atoms with Gasteiger partial charge in [-0.3, -0.25) is 4.90 Å². The quantitative estimate of drug-likeness (QED) is 0.526. The van der Waals surface area contributed by atoms with Crippen LogP contribution in [0, 0.1) is 12.3 Å². The van der Waals surface area contributed by atoms with Gasteiger partial charge in [0.1, 0.15) is 6.17 Å². The zero-order valence-electron chi connectivity index (χ0n) is 5.83. The summed E-state index contributed by atoms with van der Waals surface area (Å²) < 4.78 is 12.6. The molecule has 11 heavy (non-hydrogen) atoms. The number of halogens is 1. The van der Waals surface area contributed by atoms with E-state index in [-0.39, 0.29) is 13.0 Å². The van der Waals surface area contributed by atoms with Gasteiger partial charge in [-0.1, -0.05) is 5.92 Å². The first-order valence-electron chi connectivity index (χ1n) is 3.25. The molecule has 0 bridgehead atoms. The van der Waals surface area contributed by atoms with Crippen LogP contribution in [0.2, 0.25) is 0 Å². The average molecular weight is 157 g/mol. The van der Waals surface area contributed by atoms with Gasteiger partial charge in [-0.05, 0) is 0 Å². The minimum atomic E-state index is -1.15. The molecule has 0 radical (unpaired) electrons. The molecule has 1 saturated heterocycles. The molecule has 0 aliphatic carbocycles. The van der Waals surface area contributed by atoms with Crippen LogP contribution in [0.4, 0.5) is 9.18 Å². The summed E-state index contributed by atoms with van der Waals surface area (Å²) in [5.74, 6) is 2.23. The van der Waals surface area contributed by atoms with Crippen molar-refractivity contribution in [3.05, 3.63) is 0 Å². The number of terminal acetylenes is 1. The lowest BCUT2D eigenvalue weighted by molar-refractivity contribution is 0.145. The zero-order valence-corrected chi connectivity index (χ0v) is 5.83. The third-order valence-electron chi connectivity index (χ3n) is 1.69. The average Bonchev–Trinajstić information content (AvgIpc) is 2.30. The third kappa shape index (κ3) is 1.43. The fourth-order valence-electron chi connectivity index (χ4n) is 1.15. The van der Waals surface area contributed by atoms with Gasteiger partial charge in [0.25, 0.3) is 0 Å². The van der Waals surface area contributed by atoms with Gasteiger partial charge in [0.2, 0.25) is 0 Å². The molecule has 0 spiro atoms. The highest BCUT2D eigenvalue weighted by atomic mass is 19.1. The number of carboxylic acid groups (broad SMARTS) is 1. The highest BCUT2D eigenvalue weighted by Gasteiger charge is 2.33. The summed E-state index contributed by atoms with van der Waals surface area (Å²) in [6, 6.07) is -0.581. The SMILES string of the molecule is C#C[C@@H]1C[C@H](F)CN1C(=O)O. The molecule has 2 atom stereocenters. The standard InChI is InChI=1S/C7H8FNO2/c1-2-6-3-5(8)4-9(6)7(10)11/h1,5-6H,3-4H2,(H,10,11)/t5-,6+/m0/s1. The second kappa shape index (κ2) is 2.79. The predicted molar refractivity (Wildman–Crippen MR) is 36.9 cm³/mol. The molecule has 1 heterocycles. The van der Waals surface area contributed by atoms with Crippen molar-refractivity contribution in [2.75, 3.05) is 6.54 Å². The molecule has 1 fully saturated rings. The normalized spacial score (nSPS) is 30.0. The van der Waals surface area contributed by atoms with E-state index in [2.05, 4.69) is 5.92 Å². The smallest absolute Gasteiger partial charge is 0.408 e. The molecule has 0 saturated carbocycles. The van der Waals surface area contributed by atoms with Gasteiger partial charge in [-0.15, -0.1) is 6.42 Å². The van der Waals surface area contributed by atoms with Gasteiger partial charge in [0.15, 0.2) is 0 Å². The van der Waals surface area contributed by atoms with Crippen molar-refractivity contribution in [2.24, 2.45) is 0 Å². The van der Waals surface area contributed by atoms with Gasteiger partial charge in [0.05, 0.1) is 12.6 Å². The Bertz CT molecular complexity index is 211. The first kappa shape index (κ1) is 7.86. The summed E-state index contributed by atoms with van der Waals surface area (Å²) in [6.07, 6.45) is 2.88. The molecule has 0 aromatic heterocycles. The molecular weight excluding hydrogens is 149 g/mol. The van der Waals surface area contributed by atoms with Crippen molar-refractivity contribution in [2.45, 2.75) is 18.6 Å². The van der Waals surface area contributed by atoms with Crippen molar-refractivity contribution in [1.29, 1.82) is 0 Å². The maximum absolute atomic E-state index is 12.6. The van der Waals surface area contributed by atoms with Crippen molar-refractivity contribution in [3.8, 4) is 12.3 Å². The molecule has 0 aromatic rings. The summed E-state index contributed by atoms with van der Waals surface area (Å²) >= 11 is 0. The van der Waals surface area contributed by atoms with Crippen LogP contribution in [-0.4, -0.2) is 34.9 Å². The number of likely N-dealkylation sites (tertiary alicyclic amines) is 1. The second-order valence-corrected chi connectivity index (χ2v) is 2.45. The second-order valence-electron chi connectivity index (χ2n) is 2.45. The minimum absolute atomic E-state index is 0.0931. The van der Waals surface area contributed by atoms with Crippen molar-refractivity contribution >= 4 is 6.09 Å². The molecule has 1 aliphatic heterocycles. The number of hydrogen-bond donors (Lipinski definition) is 1. The summed E-state index contributed by atoms with van der Waals surface area (Å²) in [4.78, 5) is 11.3. The third-order valence-corrected chi connectivity index (χ3v) is 1.69. The predicted octanol–water partition coefficient (Wildman–Crippen LogP) is 0.710. The molecule has 4 heteroatoms. The Balaban J connectivity index is 2.67. The number of nitrogens with zero attached hydrogens (tertiary/aromatic N) is 1. The molecule has 1 N–H and O–H groups in total. The van der Waals surface area contributed by atoms with E-state index in [0.717, 1.165) is 4.90 Å². The molecule has 1 amide bonds. The Labute approximate surface area is 63.8 Å². The van der Waals surface area contributed by atoms with Crippen LogP contribution < -0.4 is 0 Å². The van der Waals surface area contributed by atoms with Crippen molar-refractivity contribution in [1.82, 2.24) is 4.90 Å². The Morgan fingerprint density at radius 3 is 2.82 bits per heavy atom. The van der Waals surface area contributed by atoms with Crippen LogP contribution in [0.3, 0.4) is 0 Å². The Morgan fingerprint density at radius 1 is 1.82 bits per heavy atom. The summed E-state index contributed by atoms with van der Waals surface area (Å²) in [5, 5.41) is 8.50. The van der Waals surface area contributed by atoms with E-state index in [1.54, 1.807) is 0 Å². The fraction of sp³-hybridized carbons (Fsp3) is 0.571. The Kier molecular flexibility index (Phi) is 1.99. The van der Waals surface area contributed by atoms with E-state index in [1.807, 2.05) is 0 Å². The number of amides is 1. The summed E-state index contributed by atoms with van der Waals surface area (Å²) in [7, 11) is 0. The van der Waals surface area contributed by atoms with E-state index in [4.69, 9.17) is 11.5 Å². The van der Waals surface area contributed by atoms with Crippen LogP contribution in [0.1, 0.15) is 6.42 Å². The lowest BCUT2D eigenvalue weighted by Gasteiger charge is -2.14. The minimum Gasteiger partial charge on any atom is -0.465 e. The molecule has 0 unspecified atom stereocenters. The van der Waals surface area contributed by atoms with E-state index < -0.39 is 18.3 Å². The number of carbonyl (C=O) groups is 1. The van der Waals surface area contributed by atoms with E-state index in [1.165, 1.54) is 0 Å². The summed E-state index contributed by atoms with van der Waals surface area (Å²) in [6.45, 7) is -0.0931. The largest absolute Gasteiger partial charge is 0.465 e. The van der Waals surface area contributed by atoms with Crippen molar-refractivity contribution in [3.63, 3.8) is 0 Å². The maximum atomic E-state index is 12.6. The van der Waals surface area contributed by atoms with Gasteiger partial charge < -0.3 is 5.11 Å². The van der Waals surface area contributed by atoms with Gasteiger partial charge in [-0.2, -0.15) is 0 Å². The van der Waals surface area contributed by atoms with Gasteiger partial charge in [0, 0.05) is 6.42 Å². The van der Waals surface area contributed by atoms with Crippen LogP contribution in [-0.2, 0) is 0 Å². The monoisotopic (exact) mass is 157 g/mol. The number of hydrogen-bond acceptors (Lipinski definition) is 1. The van der Waals surface area contributed by atoms with Crippen LogP contribution in [0.15, 0.2) is 0 Å². The molecular formula is C7H8FNO2. The molecule has 3 nitrogen and oxygen atoms in total. The lowest BCUT2D eigenvalue weighted by Crippen LogP contribution is -2.33. The van der Waals surface area contributed by atoms with Gasteiger partial charge in [-0.25, -0.2) is 9.18 Å². The van der Waals surface area contributed by atoms with E-state index in [9.17, 15) is 9.18 Å². The van der Waals surface area contributed by atoms with Crippen LogP contribution in [0.5, 0.6) is 0 Å². The first-order valence-corrected chi connectivity index (χ1v) is 3.25. The number of alkyl halides is 1. The Morgan fingerprint density at radius 2 is 2.45 bits per heavy atom. The number of rotatable bonds is 0. The van der Waals surface area contributed by atoms with Gasteiger partial charge >= 0.3 is 6.09 Å². The first-order chi connectivity index (χ1) is 5.15. The highest BCUT2D eigenvalue weighted by molar-refractivity contribution is 5.66. The van der Waals surface area contributed by atoms with Crippen molar-refractivity contribution < 1.29 is 14.3 Å². The molecule has 1 aliphatic rings. The zero-order chi connectivity index (χ0) is 8.43. The maximum Gasteiger partial charge on any atom is 0.408 e. The fourth-order valence-corrected chi connectivity index (χ4v) is 1.15. The topological polar surface area (TPSA) is 40.5 Å². The lowest BCUT2D eigenvalue weighted by atomic mass is 10.2. The highest BCUT2D eigenvalue weighted by Crippen LogP contribution is 2.19. The molecule has 0 aromatic carbocycles. The van der Waals surface area contributed by atoms with Crippen LogP contribution in [0.25, 0.3) is 0 Å². The van der Waals surface area contributed by atoms with Crippen LogP contribution >= 0.6 is 0 Å². The molecule has 60 valence electrons. The molecule has 1 rings (SSSR count).